The predicted octanol–water partition coefficient (Wildman–Crippen LogP) is 7.91. The minimum absolute atomic E-state index is 0. The van der Waals surface area contributed by atoms with Crippen molar-refractivity contribution in [1.29, 1.82) is 0 Å². The molecule has 16 nitrogen and oxygen atoms in total. The molecule has 2 N–H and O–H groups in total. The number of hydrogen-bond donors (Lipinski definition) is 2. The monoisotopic (exact) mass is 1140 g/mol. The van der Waals surface area contributed by atoms with E-state index in [2.05, 4.69) is 10.6 Å². The third-order valence-corrected chi connectivity index (χ3v) is 14.7. The Labute approximate surface area is 514 Å². The summed E-state index contributed by atoms with van der Waals surface area (Å²) in [6, 6.07) is 66.7. The van der Waals surface area contributed by atoms with Gasteiger partial charge in [-0.1, -0.05) is 188 Å². The van der Waals surface area contributed by atoms with Crippen molar-refractivity contribution in [1.82, 2.24) is 19.9 Å². The van der Waals surface area contributed by atoms with Crippen molar-refractivity contribution in [2.75, 3.05) is 10.6 Å². The van der Waals surface area contributed by atoms with Crippen LogP contribution in [0.25, 0.3) is 54.5 Å². The molecule has 2 aromatic heterocycles. The average Bonchev–Trinajstić information content (AvgIpc) is 3.65. The summed E-state index contributed by atoms with van der Waals surface area (Å²) in [4.78, 5) is 16.5. The fraction of sp³-hybridized carbons (Fsp3) is 0. The first-order valence-electron chi connectivity index (χ1n) is 24.7. The normalized spacial score (nSPS) is 11.7. The van der Waals surface area contributed by atoms with Gasteiger partial charge in [0, 0.05) is 32.7 Å². The first-order chi connectivity index (χ1) is 38.9. The summed E-state index contributed by atoms with van der Waals surface area (Å²) in [5, 5.41) is 12.9. The number of aromatic nitrogens is 4. The van der Waals surface area contributed by atoms with Crippen molar-refractivity contribution < 1.29 is 104 Å². The maximum absolute atomic E-state index is 13.6. The number of hydrogen-bond acceptors (Lipinski definition) is 16. The van der Waals surface area contributed by atoms with E-state index in [-0.39, 0.29) is 111 Å². The number of fused-ring (bicyclic) bond motifs is 4. The molecule has 0 amide bonds. The minimum atomic E-state index is -5.82. The molecule has 0 aliphatic rings. The molecule has 0 fully saturated rings. The van der Waals surface area contributed by atoms with Crippen molar-refractivity contribution >= 4 is 86.6 Å². The molecular formula is C62H40N6Na2O10S2. The molecule has 12 aromatic rings. The number of nitrogens with one attached hydrogen (secondary N) is 2. The first-order valence-corrected chi connectivity index (χ1v) is 27.5. The summed E-state index contributed by atoms with van der Waals surface area (Å²) >= 11 is 0. The molecule has 0 unspecified atom stereocenters. The van der Waals surface area contributed by atoms with Crippen LogP contribution in [0.2, 0.25) is 0 Å². The Bertz CT molecular complexity index is 4440. The minimum Gasteiger partial charge on any atom is -0.744 e. The van der Waals surface area contributed by atoms with Gasteiger partial charge in [0.25, 0.3) is 0 Å². The maximum atomic E-state index is 13.6. The molecule has 2 heterocycles. The molecule has 82 heavy (non-hydrogen) atoms. The van der Waals surface area contributed by atoms with Crippen LogP contribution in [0.5, 0.6) is 46.5 Å². The van der Waals surface area contributed by atoms with Crippen LogP contribution in [-0.2, 0) is 20.2 Å². The molecule has 0 aliphatic carbocycles. The summed E-state index contributed by atoms with van der Waals surface area (Å²) in [5.41, 5.74) is -0.736. The molecular weight excluding hydrogens is 1100 g/mol. The van der Waals surface area contributed by atoms with Crippen molar-refractivity contribution in [2.45, 2.75) is 9.79 Å². The van der Waals surface area contributed by atoms with Crippen LogP contribution in [0.3, 0.4) is 0 Å². The fourth-order valence-corrected chi connectivity index (χ4v) is 11.2. The van der Waals surface area contributed by atoms with Crippen LogP contribution in [0.1, 0.15) is 11.1 Å². The van der Waals surface area contributed by atoms with E-state index in [0.717, 1.165) is 61.3 Å². The van der Waals surface area contributed by atoms with E-state index >= 15 is 0 Å². The van der Waals surface area contributed by atoms with E-state index in [1.54, 1.807) is 54.6 Å². The molecule has 20 heteroatoms. The fourth-order valence-electron chi connectivity index (χ4n) is 9.26. The van der Waals surface area contributed by atoms with E-state index in [9.17, 15) is 25.9 Å². The SMILES string of the molecule is O=S(=O)([O-])c1cccc(C(Nc2nc(Oc3cccc4ccccc34)cc(Oc3cccc4ccccc34)n2)=C(Nc2nc(Oc3cccc4ccccc34)cc(Oc3cccc4ccccc34)n2)c2ccccc2)c1S(=O)(=O)[O-].[Na+].[Na+]. The average molecular weight is 1140 g/mol. The Kier molecular flexibility index (Phi) is 17.0. The molecule has 10 aromatic carbocycles. The second-order valence-electron chi connectivity index (χ2n) is 18.0. The first kappa shape index (κ1) is 57.0. The summed E-state index contributed by atoms with van der Waals surface area (Å²) in [7, 11) is -11.5. The van der Waals surface area contributed by atoms with Gasteiger partial charge in [-0.2, -0.15) is 19.9 Å². The second-order valence-corrected chi connectivity index (χ2v) is 20.6. The number of ether oxygens (including phenoxy) is 4. The smallest absolute Gasteiger partial charge is 0.744 e. The van der Waals surface area contributed by atoms with Gasteiger partial charge in [-0.25, -0.2) is 16.8 Å². The van der Waals surface area contributed by atoms with Gasteiger partial charge in [-0.3, -0.25) is 0 Å². The zero-order valence-electron chi connectivity index (χ0n) is 43.6. The molecule has 0 bridgehead atoms. The molecule has 0 radical (unpaired) electrons. The van der Waals surface area contributed by atoms with Crippen LogP contribution in [0.4, 0.5) is 11.9 Å². The number of anilines is 2. The Morgan fingerprint density at radius 2 is 0.671 bits per heavy atom. The summed E-state index contributed by atoms with van der Waals surface area (Å²) in [6.07, 6.45) is 0. The topological polar surface area (TPSA) is 227 Å². The van der Waals surface area contributed by atoms with Crippen LogP contribution in [0, 0.1) is 0 Å². The molecule has 0 spiro atoms. The van der Waals surface area contributed by atoms with E-state index in [4.69, 9.17) is 38.9 Å². The summed E-state index contributed by atoms with van der Waals surface area (Å²) in [5.74, 6) is 1.04. The van der Waals surface area contributed by atoms with Crippen LogP contribution in [0.15, 0.2) is 240 Å². The zero-order chi connectivity index (χ0) is 54.8. The Balaban J connectivity index is 0.00000376. The maximum Gasteiger partial charge on any atom is 1.00 e. The molecule has 12 rings (SSSR count). The Morgan fingerprint density at radius 3 is 1.02 bits per heavy atom. The van der Waals surface area contributed by atoms with Gasteiger partial charge in [-0.15, -0.1) is 0 Å². The van der Waals surface area contributed by atoms with Gasteiger partial charge in [0.2, 0.25) is 35.4 Å². The second kappa shape index (κ2) is 24.5. The molecule has 0 saturated heterocycles. The van der Waals surface area contributed by atoms with Crippen LogP contribution in [-0.4, -0.2) is 45.9 Å². The van der Waals surface area contributed by atoms with Gasteiger partial charge < -0.3 is 38.7 Å². The van der Waals surface area contributed by atoms with Crippen molar-refractivity contribution in [3.8, 4) is 46.5 Å². The number of benzene rings is 10. The van der Waals surface area contributed by atoms with E-state index in [0.29, 0.717) is 23.0 Å². The number of nitrogens with zero attached hydrogens (tertiary/aromatic N) is 4. The van der Waals surface area contributed by atoms with Gasteiger partial charge in [-0.05, 0) is 51.9 Å². The molecule has 392 valence electrons. The third-order valence-electron chi connectivity index (χ3n) is 12.8. The van der Waals surface area contributed by atoms with Crippen molar-refractivity contribution in [3.63, 3.8) is 0 Å². The summed E-state index contributed by atoms with van der Waals surface area (Å²) in [6.45, 7) is 0. The van der Waals surface area contributed by atoms with E-state index in [1.165, 1.54) is 12.1 Å². The summed E-state index contributed by atoms with van der Waals surface area (Å²) < 4.78 is 106. The van der Waals surface area contributed by atoms with E-state index < -0.39 is 35.6 Å². The van der Waals surface area contributed by atoms with Crippen molar-refractivity contribution in [3.05, 3.63) is 242 Å². The quantitative estimate of drug-likeness (QED) is 0.0532. The van der Waals surface area contributed by atoms with Crippen molar-refractivity contribution in [2.24, 2.45) is 0 Å². The number of rotatable bonds is 16. The largest absolute Gasteiger partial charge is 1.00 e. The van der Waals surface area contributed by atoms with Gasteiger partial charge in [0.05, 0.1) is 33.3 Å². The molecule has 0 aliphatic heterocycles. The van der Waals surface area contributed by atoms with Gasteiger partial charge in [0.15, 0.2) is 0 Å². The Hall–Kier alpha value is -8.24. The Morgan fingerprint density at radius 1 is 0.354 bits per heavy atom. The molecule has 0 saturated carbocycles. The standard InChI is InChI=1S/C62H42N6O10S2.2Na/c69-79(70,71)53-36-16-31-48(60(53)80(72,73)74)59(68-62-65-56(77-51-34-14-25-41-19-6-10-29-46(41)51)38-57(66-62)78-52-35-15-26-42-20-7-11-30-47(42)52)58(43-21-2-1-3-22-43)67-61-63-54(75-49-32-12-23-39-17-4-8-27-44(39)49)37-55(64-61)76-50-33-13-24-40-18-5-9-28-45(40)50;;/h1-38H,(H,63,64,67)(H,65,66,68)(H,69,70,71)(H,72,73,74);;/q;2*+1/p-2. The molecule has 0 atom stereocenters. The predicted molar refractivity (Wildman–Crippen MR) is 303 cm³/mol. The van der Waals surface area contributed by atoms with Gasteiger partial charge in [0.1, 0.15) is 43.2 Å². The third kappa shape index (κ3) is 12.5. The van der Waals surface area contributed by atoms with E-state index in [1.807, 2.05) is 146 Å². The zero-order valence-corrected chi connectivity index (χ0v) is 49.3. The van der Waals surface area contributed by atoms with Gasteiger partial charge >= 0.3 is 59.1 Å². The van der Waals surface area contributed by atoms with Crippen LogP contribution >= 0.6 is 0 Å². The van der Waals surface area contributed by atoms with Crippen LogP contribution < -0.4 is 88.7 Å².